The molecule has 1 aromatic rings. The van der Waals surface area contributed by atoms with Crippen LogP contribution in [0.3, 0.4) is 0 Å². The third-order valence-corrected chi connectivity index (χ3v) is 5.55. The first-order valence-corrected chi connectivity index (χ1v) is 9.11. The highest BCUT2D eigenvalue weighted by molar-refractivity contribution is 6.34. The molecule has 3 rings (SSSR count). The molecule has 5 nitrogen and oxygen atoms in total. The second kappa shape index (κ2) is 7.43. The van der Waals surface area contributed by atoms with Gasteiger partial charge in [0, 0.05) is 18.3 Å². The molecular weight excluding hydrogens is 326 g/mol. The van der Waals surface area contributed by atoms with Crippen molar-refractivity contribution in [3.63, 3.8) is 0 Å². The summed E-state index contributed by atoms with van der Waals surface area (Å²) >= 11 is 6.06. The minimum Gasteiger partial charge on any atom is -0.366 e. The van der Waals surface area contributed by atoms with Gasteiger partial charge >= 0.3 is 6.03 Å². The number of benzene rings is 1. The van der Waals surface area contributed by atoms with E-state index in [-0.39, 0.29) is 16.6 Å². The van der Waals surface area contributed by atoms with Gasteiger partial charge in [-0.05, 0) is 49.8 Å². The zero-order valence-corrected chi connectivity index (χ0v) is 14.5. The van der Waals surface area contributed by atoms with Crippen molar-refractivity contribution in [2.75, 3.05) is 11.9 Å². The van der Waals surface area contributed by atoms with E-state index in [1.165, 1.54) is 32.1 Å². The van der Waals surface area contributed by atoms with Gasteiger partial charge < -0.3 is 16.0 Å². The lowest BCUT2D eigenvalue weighted by Gasteiger charge is -2.38. The Labute approximate surface area is 147 Å². The number of halogens is 1. The second-order valence-electron chi connectivity index (χ2n) is 6.79. The molecular formula is C18H24ClN3O2. The Morgan fingerprint density at radius 1 is 1.12 bits per heavy atom. The minimum atomic E-state index is -0.574. The predicted octanol–water partition coefficient (Wildman–Crippen LogP) is 4.02. The van der Waals surface area contributed by atoms with E-state index in [0.717, 1.165) is 19.4 Å². The summed E-state index contributed by atoms with van der Waals surface area (Å²) in [6.45, 7) is 0.806. The van der Waals surface area contributed by atoms with Crippen LogP contribution in [0.5, 0.6) is 0 Å². The van der Waals surface area contributed by atoms with Crippen molar-refractivity contribution in [2.45, 2.75) is 51.0 Å². The van der Waals surface area contributed by atoms with Gasteiger partial charge in [0.25, 0.3) is 0 Å². The van der Waals surface area contributed by atoms with Gasteiger partial charge in [0.2, 0.25) is 5.91 Å². The highest BCUT2D eigenvalue weighted by atomic mass is 35.5. The first-order valence-electron chi connectivity index (χ1n) is 8.73. The van der Waals surface area contributed by atoms with Crippen molar-refractivity contribution >= 4 is 29.2 Å². The van der Waals surface area contributed by atoms with E-state index in [4.69, 9.17) is 17.3 Å². The van der Waals surface area contributed by atoms with E-state index in [1.807, 2.05) is 4.90 Å². The number of hydrogen-bond acceptors (Lipinski definition) is 2. The summed E-state index contributed by atoms with van der Waals surface area (Å²) in [6.07, 6.45) is 8.29. The topological polar surface area (TPSA) is 75.4 Å². The van der Waals surface area contributed by atoms with Gasteiger partial charge in [-0.2, -0.15) is 0 Å². The van der Waals surface area contributed by atoms with Gasteiger partial charge in [-0.25, -0.2) is 4.79 Å². The molecule has 2 fully saturated rings. The molecule has 1 heterocycles. The maximum Gasteiger partial charge on any atom is 0.322 e. The number of primary amides is 1. The zero-order valence-electron chi connectivity index (χ0n) is 13.8. The number of likely N-dealkylation sites (tertiary alicyclic amines) is 1. The third kappa shape index (κ3) is 3.66. The summed E-state index contributed by atoms with van der Waals surface area (Å²) in [7, 11) is 0. The predicted molar refractivity (Wildman–Crippen MR) is 95.3 cm³/mol. The molecule has 1 saturated heterocycles. The molecule has 0 bridgehead atoms. The van der Waals surface area contributed by atoms with Crippen LogP contribution >= 0.6 is 11.6 Å². The Hall–Kier alpha value is -1.75. The molecule has 130 valence electrons. The number of urea groups is 1. The lowest BCUT2D eigenvalue weighted by atomic mass is 9.82. The van der Waals surface area contributed by atoms with Crippen molar-refractivity contribution < 1.29 is 9.59 Å². The Bertz CT molecular complexity index is 635. The van der Waals surface area contributed by atoms with Crippen LogP contribution in [-0.2, 0) is 0 Å². The normalized spacial score (nSPS) is 24.0. The van der Waals surface area contributed by atoms with Gasteiger partial charge in [0.1, 0.15) is 0 Å². The van der Waals surface area contributed by atoms with Crippen LogP contribution in [-0.4, -0.2) is 29.4 Å². The van der Waals surface area contributed by atoms with Gasteiger partial charge in [0.15, 0.2) is 0 Å². The summed E-state index contributed by atoms with van der Waals surface area (Å²) in [5.41, 5.74) is 6.10. The Kier molecular flexibility index (Phi) is 5.29. The van der Waals surface area contributed by atoms with Crippen molar-refractivity contribution in [3.8, 4) is 0 Å². The molecule has 0 aromatic heterocycles. The molecule has 1 aliphatic heterocycles. The van der Waals surface area contributed by atoms with E-state index in [1.54, 1.807) is 18.2 Å². The standard InChI is InChI=1S/C18H24ClN3O2/c19-15-11-13(8-9-14(15)17(20)23)21-18(24)22-10-4-3-6-12-5-1-2-7-16(12)22/h8-9,11-12,16H,1-7,10H2,(H2,20,23)(H,21,24)/t12-,16-/m1/s1. The molecule has 1 saturated carbocycles. The zero-order chi connectivity index (χ0) is 17.1. The Balaban J connectivity index is 1.73. The van der Waals surface area contributed by atoms with Crippen LogP contribution in [0.25, 0.3) is 0 Å². The third-order valence-electron chi connectivity index (χ3n) is 5.24. The van der Waals surface area contributed by atoms with E-state index in [9.17, 15) is 9.59 Å². The van der Waals surface area contributed by atoms with E-state index >= 15 is 0 Å². The fraction of sp³-hybridized carbons (Fsp3) is 0.556. The maximum atomic E-state index is 12.8. The first-order chi connectivity index (χ1) is 11.6. The lowest BCUT2D eigenvalue weighted by molar-refractivity contribution is 0.100. The summed E-state index contributed by atoms with van der Waals surface area (Å²) in [5.74, 6) is 0.0586. The first kappa shape index (κ1) is 17.1. The summed E-state index contributed by atoms with van der Waals surface area (Å²) in [6, 6.07) is 5.07. The molecule has 3 N–H and O–H groups in total. The molecule has 3 amide bonds. The van der Waals surface area contributed by atoms with Crippen LogP contribution in [0, 0.1) is 5.92 Å². The van der Waals surface area contributed by atoms with Crippen molar-refractivity contribution in [3.05, 3.63) is 28.8 Å². The Morgan fingerprint density at radius 3 is 2.54 bits per heavy atom. The lowest BCUT2D eigenvalue weighted by Crippen LogP contribution is -2.47. The van der Waals surface area contributed by atoms with Crippen molar-refractivity contribution in [2.24, 2.45) is 11.7 Å². The van der Waals surface area contributed by atoms with Crippen LogP contribution in [0.15, 0.2) is 18.2 Å². The summed E-state index contributed by atoms with van der Waals surface area (Å²) < 4.78 is 0. The number of rotatable bonds is 2. The molecule has 1 aromatic carbocycles. The largest absolute Gasteiger partial charge is 0.366 e. The van der Waals surface area contributed by atoms with E-state index in [0.29, 0.717) is 17.6 Å². The number of nitrogens with zero attached hydrogens (tertiary/aromatic N) is 1. The van der Waals surface area contributed by atoms with Crippen molar-refractivity contribution in [1.82, 2.24) is 4.90 Å². The molecule has 0 radical (unpaired) electrons. The molecule has 1 aliphatic carbocycles. The number of carbonyl (C=O) groups excluding carboxylic acids is 2. The maximum absolute atomic E-state index is 12.8. The van der Waals surface area contributed by atoms with E-state index < -0.39 is 5.91 Å². The monoisotopic (exact) mass is 349 g/mol. The minimum absolute atomic E-state index is 0.0725. The SMILES string of the molecule is NC(=O)c1ccc(NC(=O)N2CCCC[C@H]3CCCC[C@H]32)cc1Cl. The molecule has 2 atom stereocenters. The molecule has 0 spiro atoms. The van der Waals surface area contributed by atoms with Gasteiger partial charge in [0.05, 0.1) is 10.6 Å². The number of carbonyl (C=O) groups is 2. The molecule has 6 heteroatoms. The highest BCUT2D eigenvalue weighted by Crippen LogP contribution is 2.35. The number of anilines is 1. The van der Waals surface area contributed by atoms with Gasteiger partial charge in [-0.15, -0.1) is 0 Å². The van der Waals surface area contributed by atoms with Crippen LogP contribution in [0.1, 0.15) is 55.3 Å². The van der Waals surface area contributed by atoms with E-state index in [2.05, 4.69) is 5.32 Å². The van der Waals surface area contributed by atoms with Crippen LogP contribution in [0.2, 0.25) is 5.02 Å². The number of nitrogens with one attached hydrogen (secondary N) is 1. The molecule has 24 heavy (non-hydrogen) atoms. The highest BCUT2D eigenvalue weighted by Gasteiger charge is 2.34. The number of fused-ring (bicyclic) bond motifs is 1. The van der Waals surface area contributed by atoms with Crippen molar-refractivity contribution in [1.29, 1.82) is 0 Å². The summed E-state index contributed by atoms with van der Waals surface area (Å²) in [5, 5.41) is 3.19. The average Bonchev–Trinajstić information content (AvgIpc) is 2.77. The Morgan fingerprint density at radius 2 is 1.83 bits per heavy atom. The average molecular weight is 350 g/mol. The molecule has 2 aliphatic rings. The fourth-order valence-corrected chi connectivity index (χ4v) is 4.30. The fourth-order valence-electron chi connectivity index (χ4n) is 4.03. The van der Waals surface area contributed by atoms with Gasteiger partial charge in [-0.1, -0.05) is 30.9 Å². The van der Waals surface area contributed by atoms with Gasteiger partial charge in [-0.3, -0.25) is 4.79 Å². The quantitative estimate of drug-likeness (QED) is 0.846. The number of amides is 3. The summed E-state index contributed by atoms with van der Waals surface area (Å²) in [4.78, 5) is 26.0. The molecule has 0 unspecified atom stereocenters. The van der Waals surface area contributed by atoms with Crippen LogP contribution < -0.4 is 11.1 Å². The number of nitrogens with two attached hydrogens (primary N) is 1. The second-order valence-corrected chi connectivity index (χ2v) is 7.20. The number of hydrogen-bond donors (Lipinski definition) is 2. The van der Waals surface area contributed by atoms with Crippen LogP contribution in [0.4, 0.5) is 10.5 Å². The smallest absolute Gasteiger partial charge is 0.322 e.